The van der Waals surface area contributed by atoms with Gasteiger partial charge in [0.05, 0.1) is 11.1 Å². The first-order valence-corrected chi connectivity index (χ1v) is 5.81. The largest absolute Gasteiger partial charge is 0.478 e. The summed E-state index contributed by atoms with van der Waals surface area (Å²) in [6.45, 7) is 1.58. The van der Waals surface area contributed by atoms with Crippen molar-refractivity contribution in [2.45, 2.75) is 13.1 Å². The molecule has 0 heterocycles. The Bertz CT molecular complexity index is 660. The molecular formula is C15H11F3O2. The van der Waals surface area contributed by atoms with E-state index in [1.54, 1.807) is 13.0 Å². The number of benzene rings is 2. The highest BCUT2D eigenvalue weighted by Gasteiger charge is 2.30. The van der Waals surface area contributed by atoms with Crippen molar-refractivity contribution in [3.8, 4) is 11.1 Å². The summed E-state index contributed by atoms with van der Waals surface area (Å²) in [7, 11) is 0. The summed E-state index contributed by atoms with van der Waals surface area (Å²) >= 11 is 0. The summed E-state index contributed by atoms with van der Waals surface area (Å²) in [6, 6.07) is 9.40. The predicted octanol–water partition coefficient (Wildman–Crippen LogP) is 4.38. The van der Waals surface area contributed by atoms with Crippen LogP contribution in [0.3, 0.4) is 0 Å². The van der Waals surface area contributed by atoms with Gasteiger partial charge in [-0.05, 0) is 41.8 Å². The number of hydrogen-bond donors (Lipinski definition) is 1. The molecule has 0 aliphatic heterocycles. The van der Waals surface area contributed by atoms with Gasteiger partial charge in [-0.15, -0.1) is 0 Å². The molecule has 0 saturated carbocycles. The Morgan fingerprint density at radius 3 is 2.35 bits per heavy atom. The van der Waals surface area contributed by atoms with E-state index in [1.807, 2.05) is 0 Å². The molecule has 2 aromatic carbocycles. The maximum atomic E-state index is 12.7. The first kappa shape index (κ1) is 14.1. The average Bonchev–Trinajstić information content (AvgIpc) is 2.38. The van der Waals surface area contributed by atoms with Gasteiger partial charge in [0.2, 0.25) is 0 Å². The zero-order chi connectivity index (χ0) is 14.9. The van der Waals surface area contributed by atoms with Crippen molar-refractivity contribution in [3.05, 3.63) is 59.2 Å². The third-order valence-corrected chi connectivity index (χ3v) is 3.07. The summed E-state index contributed by atoms with van der Waals surface area (Å²) in [5.41, 5.74) is 0.603. The van der Waals surface area contributed by atoms with Gasteiger partial charge in [-0.25, -0.2) is 4.79 Å². The van der Waals surface area contributed by atoms with Gasteiger partial charge in [0.1, 0.15) is 0 Å². The Kier molecular flexibility index (Phi) is 3.53. The highest BCUT2D eigenvalue weighted by molar-refractivity contribution is 5.92. The zero-order valence-corrected chi connectivity index (χ0v) is 10.5. The van der Waals surface area contributed by atoms with E-state index in [1.165, 1.54) is 24.3 Å². The lowest BCUT2D eigenvalue weighted by Gasteiger charge is -2.12. The van der Waals surface area contributed by atoms with Crippen molar-refractivity contribution in [1.82, 2.24) is 0 Å². The van der Waals surface area contributed by atoms with Crippen LogP contribution in [-0.2, 0) is 6.18 Å². The number of hydrogen-bond acceptors (Lipinski definition) is 1. The smallest absolute Gasteiger partial charge is 0.416 e. The van der Waals surface area contributed by atoms with Crippen molar-refractivity contribution in [2.24, 2.45) is 0 Å². The topological polar surface area (TPSA) is 37.3 Å². The lowest BCUT2D eigenvalue weighted by Crippen LogP contribution is -2.05. The highest BCUT2D eigenvalue weighted by atomic mass is 19.4. The molecule has 0 amide bonds. The molecule has 0 radical (unpaired) electrons. The van der Waals surface area contributed by atoms with Crippen LogP contribution in [0, 0.1) is 6.92 Å². The minimum Gasteiger partial charge on any atom is -0.478 e. The van der Waals surface area contributed by atoms with Crippen molar-refractivity contribution in [3.63, 3.8) is 0 Å². The lowest BCUT2D eigenvalue weighted by molar-refractivity contribution is -0.137. The van der Waals surface area contributed by atoms with Crippen LogP contribution >= 0.6 is 0 Å². The SMILES string of the molecule is Cc1c(C(=O)O)cccc1-c1cccc(C(F)(F)F)c1. The molecule has 0 spiro atoms. The number of alkyl halides is 3. The Labute approximate surface area is 113 Å². The van der Waals surface area contributed by atoms with E-state index < -0.39 is 17.7 Å². The van der Waals surface area contributed by atoms with E-state index in [0.29, 0.717) is 16.7 Å². The van der Waals surface area contributed by atoms with Crippen LogP contribution in [0.5, 0.6) is 0 Å². The zero-order valence-electron chi connectivity index (χ0n) is 10.5. The molecule has 2 aromatic rings. The van der Waals surface area contributed by atoms with Crippen molar-refractivity contribution < 1.29 is 23.1 Å². The van der Waals surface area contributed by atoms with E-state index in [-0.39, 0.29) is 5.56 Å². The van der Waals surface area contributed by atoms with Crippen LogP contribution < -0.4 is 0 Å². The first-order chi connectivity index (χ1) is 9.30. The molecule has 0 aliphatic rings. The molecule has 0 fully saturated rings. The summed E-state index contributed by atoms with van der Waals surface area (Å²) in [4.78, 5) is 11.1. The van der Waals surface area contributed by atoms with Gasteiger partial charge in [0.25, 0.3) is 0 Å². The molecule has 20 heavy (non-hydrogen) atoms. The van der Waals surface area contributed by atoms with E-state index in [4.69, 9.17) is 5.11 Å². The van der Waals surface area contributed by atoms with Crippen LogP contribution in [0.2, 0.25) is 0 Å². The van der Waals surface area contributed by atoms with E-state index in [2.05, 4.69) is 0 Å². The number of aromatic carboxylic acids is 1. The van der Waals surface area contributed by atoms with E-state index in [0.717, 1.165) is 12.1 Å². The minimum absolute atomic E-state index is 0.0833. The Hall–Kier alpha value is -2.30. The normalized spacial score (nSPS) is 11.4. The molecule has 0 aromatic heterocycles. The van der Waals surface area contributed by atoms with Crippen molar-refractivity contribution in [2.75, 3.05) is 0 Å². The number of rotatable bonds is 2. The fraction of sp³-hybridized carbons (Fsp3) is 0.133. The molecular weight excluding hydrogens is 269 g/mol. The second-order valence-corrected chi connectivity index (χ2v) is 4.36. The summed E-state index contributed by atoms with van der Waals surface area (Å²) in [5, 5.41) is 9.04. The number of carboxylic acids is 1. The van der Waals surface area contributed by atoms with Crippen molar-refractivity contribution in [1.29, 1.82) is 0 Å². The van der Waals surface area contributed by atoms with Gasteiger partial charge in [-0.3, -0.25) is 0 Å². The second kappa shape index (κ2) is 5.00. The molecule has 1 N–H and O–H groups in total. The lowest BCUT2D eigenvalue weighted by atomic mass is 9.95. The van der Waals surface area contributed by atoms with Crippen LogP contribution in [0.25, 0.3) is 11.1 Å². The number of carbonyl (C=O) groups is 1. The molecule has 5 heteroatoms. The molecule has 0 saturated heterocycles. The molecule has 0 atom stereocenters. The van der Waals surface area contributed by atoms with E-state index >= 15 is 0 Å². The number of halogens is 3. The standard InChI is InChI=1S/C15H11F3O2/c1-9-12(6-3-7-13(9)14(19)20)10-4-2-5-11(8-10)15(16,17)18/h2-8H,1H3,(H,19,20). The summed E-state index contributed by atoms with van der Waals surface area (Å²) in [6.07, 6.45) is -4.42. The van der Waals surface area contributed by atoms with Gasteiger partial charge in [0.15, 0.2) is 0 Å². The highest BCUT2D eigenvalue weighted by Crippen LogP contribution is 2.33. The maximum absolute atomic E-state index is 12.7. The van der Waals surface area contributed by atoms with Gasteiger partial charge in [-0.2, -0.15) is 13.2 Å². The van der Waals surface area contributed by atoms with Gasteiger partial charge < -0.3 is 5.11 Å². The molecule has 0 bridgehead atoms. The van der Waals surface area contributed by atoms with Crippen LogP contribution in [-0.4, -0.2) is 11.1 Å². The van der Waals surface area contributed by atoms with Crippen LogP contribution in [0.4, 0.5) is 13.2 Å². The minimum atomic E-state index is -4.42. The third kappa shape index (κ3) is 2.66. The first-order valence-electron chi connectivity index (χ1n) is 5.81. The molecule has 2 nitrogen and oxygen atoms in total. The summed E-state index contributed by atoms with van der Waals surface area (Å²) in [5.74, 6) is -1.10. The Morgan fingerprint density at radius 2 is 1.75 bits per heavy atom. The van der Waals surface area contributed by atoms with Crippen molar-refractivity contribution >= 4 is 5.97 Å². The average molecular weight is 280 g/mol. The van der Waals surface area contributed by atoms with E-state index in [9.17, 15) is 18.0 Å². The molecule has 0 unspecified atom stereocenters. The molecule has 2 rings (SSSR count). The molecule has 104 valence electrons. The van der Waals surface area contributed by atoms with Gasteiger partial charge >= 0.3 is 12.1 Å². The Morgan fingerprint density at radius 1 is 1.10 bits per heavy atom. The third-order valence-electron chi connectivity index (χ3n) is 3.07. The summed E-state index contributed by atoms with van der Waals surface area (Å²) < 4.78 is 38.1. The van der Waals surface area contributed by atoms with Crippen LogP contribution in [0.1, 0.15) is 21.5 Å². The predicted molar refractivity (Wildman–Crippen MR) is 68.6 cm³/mol. The Balaban J connectivity index is 2.58. The van der Waals surface area contributed by atoms with Crippen LogP contribution in [0.15, 0.2) is 42.5 Å². The maximum Gasteiger partial charge on any atom is 0.416 e. The quantitative estimate of drug-likeness (QED) is 0.886. The fourth-order valence-corrected chi connectivity index (χ4v) is 2.04. The monoisotopic (exact) mass is 280 g/mol. The molecule has 0 aliphatic carbocycles. The number of carboxylic acid groups (broad SMARTS) is 1. The fourth-order valence-electron chi connectivity index (χ4n) is 2.04. The second-order valence-electron chi connectivity index (χ2n) is 4.36. The van der Waals surface area contributed by atoms with Gasteiger partial charge in [-0.1, -0.05) is 24.3 Å². The van der Waals surface area contributed by atoms with Gasteiger partial charge in [0, 0.05) is 0 Å².